The van der Waals surface area contributed by atoms with Gasteiger partial charge in [0.2, 0.25) is 0 Å². The van der Waals surface area contributed by atoms with Gasteiger partial charge >= 0.3 is 0 Å². The maximum atomic E-state index is 9.63. The van der Waals surface area contributed by atoms with Gasteiger partial charge in [0.05, 0.1) is 12.7 Å². The molecule has 0 aromatic heterocycles. The second-order valence-corrected chi connectivity index (χ2v) is 4.64. The molecule has 2 N–H and O–H groups in total. The second kappa shape index (κ2) is 6.03. The Kier molecular flexibility index (Phi) is 4.40. The molecule has 1 aromatic carbocycles. The predicted octanol–water partition coefficient (Wildman–Crippen LogP) is 1.98. The van der Waals surface area contributed by atoms with Crippen LogP contribution in [-0.4, -0.2) is 31.5 Å². The third kappa shape index (κ3) is 3.20. The minimum atomic E-state index is -0.445. The molecule has 94 valence electrons. The lowest BCUT2D eigenvalue weighted by Gasteiger charge is -2.21. The monoisotopic (exact) mass is 235 g/mol. The summed E-state index contributed by atoms with van der Waals surface area (Å²) in [5, 5.41) is 13.0. The maximum Gasteiger partial charge on any atom is 0.0945 e. The quantitative estimate of drug-likeness (QED) is 0.820. The fraction of sp³-hybridized carbons (Fsp3) is 0.571. The van der Waals surface area contributed by atoms with Crippen LogP contribution in [-0.2, 0) is 17.6 Å². The van der Waals surface area contributed by atoms with E-state index in [0.717, 1.165) is 6.42 Å². The summed E-state index contributed by atoms with van der Waals surface area (Å²) in [4.78, 5) is 0. The summed E-state index contributed by atoms with van der Waals surface area (Å²) in [6, 6.07) is 6.41. The number of rotatable bonds is 5. The lowest BCUT2D eigenvalue weighted by atomic mass is 9.90. The minimum absolute atomic E-state index is 0.377. The average molecular weight is 235 g/mol. The number of aliphatic hydroxyl groups excluding tert-OH is 1. The Hall–Kier alpha value is -1.06. The molecule has 2 rings (SSSR count). The van der Waals surface area contributed by atoms with Crippen LogP contribution in [0.15, 0.2) is 18.2 Å². The molecule has 1 unspecified atom stereocenters. The zero-order chi connectivity index (χ0) is 12.1. The number of aryl methyl sites for hydroxylation is 1. The van der Waals surface area contributed by atoms with Crippen LogP contribution in [0.3, 0.4) is 0 Å². The smallest absolute Gasteiger partial charge is 0.0945 e. The Morgan fingerprint density at radius 2 is 2.18 bits per heavy atom. The van der Waals surface area contributed by atoms with E-state index in [4.69, 9.17) is 4.74 Å². The number of fused-ring (bicyclic) bond motifs is 1. The van der Waals surface area contributed by atoms with Gasteiger partial charge in [0.25, 0.3) is 0 Å². The van der Waals surface area contributed by atoms with Crippen LogP contribution in [0.2, 0.25) is 0 Å². The number of methoxy groups -OCH3 is 1. The molecule has 1 atom stereocenters. The summed E-state index contributed by atoms with van der Waals surface area (Å²) in [7, 11) is 1.60. The Balaban J connectivity index is 2.01. The molecule has 0 amide bonds. The van der Waals surface area contributed by atoms with Crippen LogP contribution in [0.5, 0.6) is 0 Å². The first kappa shape index (κ1) is 12.4. The molecule has 1 aromatic rings. The maximum absolute atomic E-state index is 9.63. The van der Waals surface area contributed by atoms with Crippen LogP contribution in [0.1, 0.15) is 24.0 Å². The summed E-state index contributed by atoms with van der Waals surface area (Å²) in [6.45, 7) is 0.923. The molecule has 1 aliphatic rings. The standard InChI is InChI=1S/C14H21NO2/c1-17-10-12(16)9-15-14-8-4-6-11-5-2-3-7-13(11)14/h4,6,8,12,15-16H,2-3,5,7,9-10H2,1H3. The van der Waals surface area contributed by atoms with Crippen molar-refractivity contribution in [1.82, 2.24) is 0 Å². The van der Waals surface area contributed by atoms with Crippen molar-refractivity contribution in [3.05, 3.63) is 29.3 Å². The first-order chi connectivity index (χ1) is 8.31. The van der Waals surface area contributed by atoms with Crippen molar-refractivity contribution in [2.45, 2.75) is 31.8 Å². The molecular weight excluding hydrogens is 214 g/mol. The van der Waals surface area contributed by atoms with Gasteiger partial charge in [-0.3, -0.25) is 0 Å². The summed E-state index contributed by atoms with van der Waals surface area (Å²) in [5.74, 6) is 0. The molecule has 0 heterocycles. The first-order valence-electron chi connectivity index (χ1n) is 6.33. The number of hydrogen-bond donors (Lipinski definition) is 2. The summed E-state index contributed by atoms with van der Waals surface area (Å²) in [6.07, 6.45) is 4.46. The highest BCUT2D eigenvalue weighted by molar-refractivity contribution is 5.55. The first-order valence-corrected chi connectivity index (χ1v) is 6.33. The van der Waals surface area contributed by atoms with Crippen LogP contribution in [0.25, 0.3) is 0 Å². The van der Waals surface area contributed by atoms with Crippen molar-refractivity contribution in [3.63, 3.8) is 0 Å². The average Bonchev–Trinajstić information content (AvgIpc) is 2.36. The van der Waals surface area contributed by atoms with E-state index in [-0.39, 0.29) is 0 Å². The number of anilines is 1. The van der Waals surface area contributed by atoms with E-state index in [1.165, 1.54) is 36.1 Å². The predicted molar refractivity (Wildman–Crippen MR) is 69.5 cm³/mol. The third-order valence-corrected chi connectivity index (χ3v) is 3.28. The van der Waals surface area contributed by atoms with Crippen molar-refractivity contribution in [2.24, 2.45) is 0 Å². The fourth-order valence-corrected chi connectivity index (χ4v) is 2.43. The zero-order valence-corrected chi connectivity index (χ0v) is 10.4. The van der Waals surface area contributed by atoms with Crippen molar-refractivity contribution in [2.75, 3.05) is 25.6 Å². The number of nitrogens with one attached hydrogen (secondary N) is 1. The summed E-state index contributed by atoms with van der Waals surface area (Å²) >= 11 is 0. The van der Waals surface area contributed by atoms with Gasteiger partial charge in [0, 0.05) is 19.3 Å². The molecule has 0 spiro atoms. The topological polar surface area (TPSA) is 41.5 Å². The van der Waals surface area contributed by atoms with Gasteiger partial charge in [0.1, 0.15) is 0 Å². The molecule has 0 fully saturated rings. The fourth-order valence-electron chi connectivity index (χ4n) is 2.43. The third-order valence-electron chi connectivity index (χ3n) is 3.28. The Bertz CT molecular complexity index is 365. The van der Waals surface area contributed by atoms with E-state index in [0.29, 0.717) is 13.2 Å². The highest BCUT2D eigenvalue weighted by Crippen LogP contribution is 2.27. The normalized spacial score (nSPS) is 16.4. The van der Waals surface area contributed by atoms with Crippen LogP contribution in [0.4, 0.5) is 5.69 Å². The highest BCUT2D eigenvalue weighted by Gasteiger charge is 2.13. The molecule has 0 saturated heterocycles. The van der Waals surface area contributed by atoms with Crippen LogP contribution < -0.4 is 5.32 Å². The molecule has 3 heteroatoms. The van der Waals surface area contributed by atoms with E-state index < -0.39 is 6.10 Å². The minimum Gasteiger partial charge on any atom is -0.389 e. The van der Waals surface area contributed by atoms with Crippen molar-refractivity contribution in [1.29, 1.82) is 0 Å². The zero-order valence-electron chi connectivity index (χ0n) is 10.4. The van der Waals surface area contributed by atoms with E-state index in [9.17, 15) is 5.11 Å². The molecular formula is C14H21NO2. The molecule has 0 saturated carbocycles. The molecule has 1 aliphatic carbocycles. The van der Waals surface area contributed by atoms with Crippen LogP contribution >= 0.6 is 0 Å². The molecule has 0 aliphatic heterocycles. The number of aliphatic hydroxyl groups is 1. The largest absolute Gasteiger partial charge is 0.389 e. The van der Waals surface area contributed by atoms with Crippen LogP contribution in [0, 0.1) is 0 Å². The van der Waals surface area contributed by atoms with E-state index in [2.05, 4.69) is 23.5 Å². The van der Waals surface area contributed by atoms with Gasteiger partial charge in [-0.1, -0.05) is 12.1 Å². The van der Waals surface area contributed by atoms with E-state index in [1.54, 1.807) is 7.11 Å². The SMILES string of the molecule is COCC(O)CNc1cccc2c1CCCC2. The lowest BCUT2D eigenvalue weighted by molar-refractivity contribution is 0.0727. The lowest BCUT2D eigenvalue weighted by Crippen LogP contribution is -2.24. The Labute approximate surface area is 103 Å². The number of ether oxygens (including phenoxy) is 1. The van der Waals surface area contributed by atoms with Crippen molar-refractivity contribution < 1.29 is 9.84 Å². The Morgan fingerprint density at radius 1 is 1.35 bits per heavy atom. The van der Waals surface area contributed by atoms with Gasteiger partial charge in [-0.05, 0) is 42.9 Å². The van der Waals surface area contributed by atoms with Gasteiger partial charge < -0.3 is 15.2 Å². The summed E-state index contributed by atoms with van der Waals surface area (Å²) < 4.78 is 4.91. The van der Waals surface area contributed by atoms with Crippen molar-refractivity contribution in [3.8, 4) is 0 Å². The molecule has 0 bridgehead atoms. The Morgan fingerprint density at radius 3 is 3.00 bits per heavy atom. The molecule has 3 nitrogen and oxygen atoms in total. The van der Waals surface area contributed by atoms with Gasteiger partial charge in [-0.25, -0.2) is 0 Å². The van der Waals surface area contributed by atoms with E-state index in [1.807, 2.05) is 0 Å². The van der Waals surface area contributed by atoms with Gasteiger partial charge in [-0.2, -0.15) is 0 Å². The van der Waals surface area contributed by atoms with Crippen molar-refractivity contribution >= 4 is 5.69 Å². The van der Waals surface area contributed by atoms with Gasteiger partial charge in [0.15, 0.2) is 0 Å². The highest BCUT2D eigenvalue weighted by atomic mass is 16.5. The van der Waals surface area contributed by atoms with E-state index >= 15 is 0 Å². The summed E-state index contributed by atoms with van der Waals surface area (Å²) in [5.41, 5.74) is 4.07. The number of benzene rings is 1. The van der Waals surface area contributed by atoms with Gasteiger partial charge in [-0.15, -0.1) is 0 Å². The molecule has 17 heavy (non-hydrogen) atoms. The second-order valence-electron chi connectivity index (χ2n) is 4.64. The molecule has 0 radical (unpaired) electrons. The number of hydrogen-bond acceptors (Lipinski definition) is 3.